The Morgan fingerprint density at radius 3 is 2.71 bits per heavy atom. The highest BCUT2D eigenvalue weighted by Crippen LogP contribution is 2.12. The minimum absolute atomic E-state index is 0.393. The lowest BCUT2D eigenvalue weighted by Crippen LogP contribution is -2.05. The van der Waals surface area contributed by atoms with Gasteiger partial charge in [-0.05, 0) is 31.3 Å². The Kier molecular flexibility index (Phi) is 9.57. The monoisotopic (exact) mass is 234 g/mol. The van der Waals surface area contributed by atoms with E-state index >= 15 is 0 Å². The van der Waals surface area contributed by atoms with E-state index < -0.39 is 6.10 Å². The summed E-state index contributed by atoms with van der Waals surface area (Å²) in [5.41, 5.74) is 0.931. The third-order valence-electron chi connectivity index (χ3n) is 2.94. The van der Waals surface area contributed by atoms with Gasteiger partial charge in [-0.1, -0.05) is 44.9 Å². The van der Waals surface area contributed by atoms with Gasteiger partial charge in [-0.3, -0.25) is 0 Å². The molecule has 0 aliphatic carbocycles. The van der Waals surface area contributed by atoms with Crippen LogP contribution in [0.25, 0.3) is 0 Å². The molecule has 0 radical (unpaired) electrons. The van der Waals surface area contributed by atoms with E-state index in [2.05, 4.69) is 25.8 Å². The highest BCUT2D eigenvalue weighted by molar-refractivity contribution is 5.15. The van der Waals surface area contributed by atoms with Crippen molar-refractivity contribution >= 4 is 0 Å². The molecule has 0 saturated carbocycles. The van der Waals surface area contributed by atoms with Crippen LogP contribution in [0, 0.1) is 18.3 Å². The summed E-state index contributed by atoms with van der Waals surface area (Å²) in [6.07, 6.45) is 16.1. The van der Waals surface area contributed by atoms with Crippen LogP contribution in [-0.4, -0.2) is 11.2 Å². The highest BCUT2D eigenvalue weighted by atomic mass is 16.3. The number of allylic oxidation sites excluding steroid dienone is 3. The number of terminal acetylenes is 1. The van der Waals surface area contributed by atoms with E-state index in [1.54, 1.807) is 0 Å². The molecule has 0 heterocycles. The van der Waals surface area contributed by atoms with Crippen LogP contribution in [0.3, 0.4) is 0 Å². The summed E-state index contributed by atoms with van der Waals surface area (Å²) in [5, 5.41) is 9.59. The number of hydrogen-bond donors (Lipinski definition) is 1. The lowest BCUT2D eigenvalue weighted by atomic mass is 10.0. The summed E-state index contributed by atoms with van der Waals surface area (Å²) in [6, 6.07) is 0. The van der Waals surface area contributed by atoms with Crippen molar-refractivity contribution in [3.8, 4) is 12.3 Å². The molecular formula is C16H26O. The molecule has 0 aliphatic heterocycles. The van der Waals surface area contributed by atoms with Crippen molar-refractivity contribution in [3.63, 3.8) is 0 Å². The van der Waals surface area contributed by atoms with Gasteiger partial charge in [-0.2, -0.15) is 0 Å². The SMILES string of the molecule is C#CCC(O)C(C)=CC=CCCC(C)CCC. The molecule has 0 aliphatic rings. The lowest BCUT2D eigenvalue weighted by Gasteiger charge is -2.07. The molecule has 96 valence electrons. The zero-order valence-corrected chi connectivity index (χ0v) is 11.4. The Labute approximate surface area is 107 Å². The third kappa shape index (κ3) is 8.77. The zero-order valence-electron chi connectivity index (χ0n) is 11.4. The molecule has 1 N–H and O–H groups in total. The van der Waals surface area contributed by atoms with Crippen LogP contribution in [0.5, 0.6) is 0 Å². The second kappa shape index (κ2) is 10.2. The first-order valence-electron chi connectivity index (χ1n) is 6.56. The Bertz CT molecular complexity index is 280. The normalized spacial score (nSPS) is 15.8. The van der Waals surface area contributed by atoms with E-state index in [0.29, 0.717) is 6.42 Å². The Balaban J connectivity index is 3.86. The molecule has 1 nitrogen and oxygen atoms in total. The van der Waals surface area contributed by atoms with Gasteiger partial charge in [0.2, 0.25) is 0 Å². The fourth-order valence-corrected chi connectivity index (χ4v) is 1.72. The van der Waals surface area contributed by atoms with Crippen LogP contribution in [0.15, 0.2) is 23.8 Å². The summed E-state index contributed by atoms with van der Waals surface area (Å²) in [4.78, 5) is 0. The smallest absolute Gasteiger partial charge is 0.0859 e. The van der Waals surface area contributed by atoms with Crippen molar-refractivity contribution in [1.82, 2.24) is 0 Å². The summed E-state index contributed by atoms with van der Waals surface area (Å²) in [6.45, 7) is 6.44. The first kappa shape index (κ1) is 16.0. The van der Waals surface area contributed by atoms with E-state index in [1.165, 1.54) is 19.3 Å². The number of aliphatic hydroxyl groups excluding tert-OH is 1. The lowest BCUT2D eigenvalue weighted by molar-refractivity contribution is 0.217. The molecule has 0 aromatic heterocycles. The second-order valence-electron chi connectivity index (χ2n) is 4.73. The van der Waals surface area contributed by atoms with Crippen LogP contribution >= 0.6 is 0 Å². The van der Waals surface area contributed by atoms with Gasteiger partial charge in [0.1, 0.15) is 0 Å². The molecule has 17 heavy (non-hydrogen) atoms. The van der Waals surface area contributed by atoms with Crippen molar-refractivity contribution in [3.05, 3.63) is 23.8 Å². The maximum atomic E-state index is 9.59. The summed E-state index contributed by atoms with van der Waals surface area (Å²) < 4.78 is 0. The summed E-state index contributed by atoms with van der Waals surface area (Å²) >= 11 is 0. The van der Waals surface area contributed by atoms with Gasteiger partial charge >= 0.3 is 0 Å². The molecule has 2 unspecified atom stereocenters. The molecule has 1 heteroatoms. The van der Waals surface area contributed by atoms with Crippen LogP contribution < -0.4 is 0 Å². The van der Waals surface area contributed by atoms with Crippen LogP contribution in [0.2, 0.25) is 0 Å². The Morgan fingerprint density at radius 2 is 2.12 bits per heavy atom. The van der Waals surface area contributed by atoms with Gasteiger partial charge in [0, 0.05) is 6.42 Å². The number of hydrogen-bond acceptors (Lipinski definition) is 1. The van der Waals surface area contributed by atoms with E-state index in [4.69, 9.17) is 6.42 Å². The first-order chi connectivity index (χ1) is 8.11. The topological polar surface area (TPSA) is 20.2 Å². The quantitative estimate of drug-likeness (QED) is 0.495. The van der Waals surface area contributed by atoms with Crippen LogP contribution in [-0.2, 0) is 0 Å². The molecule has 2 atom stereocenters. The van der Waals surface area contributed by atoms with Crippen molar-refractivity contribution in [1.29, 1.82) is 0 Å². The van der Waals surface area contributed by atoms with Crippen LogP contribution in [0.1, 0.15) is 52.9 Å². The van der Waals surface area contributed by atoms with E-state index in [1.807, 2.05) is 19.1 Å². The van der Waals surface area contributed by atoms with Crippen molar-refractivity contribution in [2.75, 3.05) is 0 Å². The first-order valence-corrected chi connectivity index (χ1v) is 6.56. The van der Waals surface area contributed by atoms with Gasteiger partial charge in [-0.25, -0.2) is 0 Å². The standard InChI is InChI=1S/C16H26O/c1-5-10-14(3)12-8-7-9-13-15(4)16(17)11-6-2/h2,7,9,13-14,16-17H,5,8,10-12H2,1,3-4H3. The van der Waals surface area contributed by atoms with Gasteiger partial charge in [0.15, 0.2) is 0 Å². The Morgan fingerprint density at radius 1 is 1.41 bits per heavy atom. The fourth-order valence-electron chi connectivity index (χ4n) is 1.72. The average Bonchev–Trinajstić information content (AvgIpc) is 2.29. The van der Waals surface area contributed by atoms with E-state index in [0.717, 1.165) is 17.9 Å². The summed E-state index contributed by atoms with van der Waals surface area (Å²) in [7, 11) is 0. The minimum atomic E-state index is -0.497. The summed E-state index contributed by atoms with van der Waals surface area (Å²) in [5.74, 6) is 3.27. The van der Waals surface area contributed by atoms with Crippen molar-refractivity contribution < 1.29 is 5.11 Å². The molecule has 0 rings (SSSR count). The van der Waals surface area contributed by atoms with Gasteiger partial charge in [0.25, 0.3) is 0 Å². The Hall–Kier alpha value is -1.00. The molecule has 0 bridgehead atoms. The van der Waals surface area contributed by atoms with Crippen molar-refractivity contribution in [2.45, 2.75) is 59.0 Å². The van der Waals surface area contributed by atoms with Crippen LogP contribution in [0.4, 0.5) is 0 Å². The average molecular weight is 234 g/mol. The van der Waals surface area contributed by atoms with Crippen molar-refractivity contribution in [2.24, 2.45) is 5.92 Å². The molecule has 0 amide bonds. The molecule has 0 spiro atoms. The van der Waals surface area contributed by atoms with Gasteiger partial charge in [-0.15, -0.1) is 12.3 Å². The molecule has 0 saturated heterocycles. The van der Waals surface area contributed by atoms with E-state index in [-0.39, 0.29) is 0 Å². The third-order valence-corrected chi connectivity index (χ3v) is 2.94. The molecule has 0 fully saturated rings. The van der Waals surface area contributed by atoms with Gasteiger partial charge in [0.05, 0.1) is 6.10 Å². The second-order valence-corrected chi connectivity index (χ2v) is 4.73. The highest BCUT2D eigenvalue weighted by Gasteiger charge is 2.02. The predicted molar refractivity (Wildman–Crippen MR) is 75.7 cm³/mol. The van der Waals surface area contributed by atoms with Gasteiger partial charge < -0.3 is 5.11 Å². The maximum absolute atomic E-state index is 9.59. The predicted octanol–water partition coefficient (Wildman–Crippen LogP) is 4.09. The number of rotatable bonds is 8. The number of aliphatic hydroxyl groups is 1. The zero-order chi connectivity index (χ0) is 13.1. The maximum Gasteiger partial charge on any atom is 0.0859 e. The molecule has 0 aromatic carbocycles. The minimum Gasteiger partial charge on any atom is -0.388 e. The fraction of sp³-hybridized carbons (Fsp3) is 0.625. The molecule has 0 aromatic rings. The molecular weight excluding hydrogens is 208 g/mol. The largest absolute Gasteiger partial charge is 0.388 e. The van der Waals surface area contributed by atoms with E-state index in [9.17, 15) is 5.11 Å².